The Labute approximate surface area is 305 Å². The Morgan fingerprint density at radius 2 is 1.47 bits per heavy atom. The number of rotatable bonds is 20. The predicted molar refractivity (Wildman–Crippen MR) is 211 cm³/mol. The number of unbranched alkanes of at least 4 members (excludes halogenated alkanes) is 6. The third-order valence-corrected chi connectivity index (χ3v) is 15.2. The highest BCUT2D eigenvalue weighted by atomic mass is 16.5. The molecule has 0 aromatic rings. The number of carbonyl (C=O) groups excluding carboxylic acids is 1. The van der Waals surface area contributed by atoms with Gasteiger partial charge in [-0.25, -0.2) is 0 Å². The topological polar surface area (TPSA) is 26.3 Å². The molecule has 2 nitrogen and oxygen atoms in total. The molecule has 4 saturated carbocycles. The van der Waals surface area contributed by atoms with E-state index in [1.165, 1.54) is 89.9 Å². The van der Waals surface area contributed by atoms with E-state index < -0.39 is 0 Å². The molecule has 2 heteroatoms. The van der Waals surface area contributed by atoms with E-state index in [0.717, 1.165) is 86.9 Å². The Bertz CT molecular complexity index is 1070. The Kier molecular flexibility index (Phi) is 16.1. The number of fused-ring (bicyclic) bond motifs is 5. The van der Waals surface area contributed by atoms with Crippen LogP contribution in [0, 0.1) is 51.8 Å². The third-order valence-electron chi connectivity index (χ3n) is 15.2. The first-order valence-electron chi connectivity index (χ1n) is 21.7. The lowest BCUT2D eigenvalue weighted by Crippen LogP contribution is -2.54. The first kappa shape index (κ1) is 40.5. The molecule has 4 aliphatic carbocycles. The normalized spacial score (nSPS) is 33.9. The fraction of sp³-hybridized carbons (Fsp3) is 0.851. The van der Waals surface area contributed by atoms with Gasteiger partial charge in [-0.1, -0.05) is 123 Å². The van der Waals surface area contributed by atoms with Crippen molar-refractivity contribution in [2.75, 3.05) is 0 Å². The minimum Gasteiger partial charge on any atom is -0.462 e. The lowest BCUT2D eigenvalue weighted by atomic mass is 9.44. The van der Waals surface area contributed by atoms with Crippen molar-refractivity contribution >= 4 is 5.97 Å². The zero-order valence-corrected chi connectivity index (χ0v) is 33.6. The van der Waals surface area contributed by atoms with Crippen molar-refractivity contribution in [3.8, 4) is 0 Å². The summed E-state index contributed by atoms with van der Waals surface area (Å²) in [4.78, 5) is 12.8. The molecule has 0 aromatic carbocycles. The van der Waals surface area contributed by atoms with Crippen molar-refractivity contribution < 1.29 is 9.53 Å². The summed E-state index contributed by atoms with van der Waals surface area (Å²) in [6.07, 6.45) is 42.3. The largest absolute Gasteiger partial charge is 0.462 e. The molecular weight excluding hydrogens is 597 g/mol. The Balaban J connectivity index is 1.12. The smallest absolute Gasteiger partial charge is 0.306 e. The molecule has 0 amide bonds. The van der Waals surface area contributed by atoms with E-state index in [0.29, 0.717) is 22.7 Å². The van der Waals surface area contributed by atoms with Crippen molar-refractivity contribution in [3.05, 3.63) is 36.5 Å². The van der Waals surface area contributed by atoms with Crippen molar-refractivity contribution in [1.29, 1.82) is 0 Å². The van der Waals surface area contributed by atoms with Gasteiger partial charge in [0.05, 0.1) is 0 Å². The maximum absolute atomic E-state index is 12.8. The quantitative estimate of drug-likeness (QED) is 0.0555. The number of ether oxygens (including phenoxy) is 1. The van der Waals surface area contributed by atoms with Gasteiger partial charge in [0.15, 0.2) is 0 Å². The number of hydrogen-bond donors (Lipinski definition) is 0. The fourth-order valence-corrected chi connectivity index (χ4v) is 11.7. The Morgan fingerprint density at radius 1 is 0.776 bits per heavy atom. The third kappa shape index (κ3) is 11.1. The van der Waals surface area contributed by atoms with E-state index in [1.807, 2.05) is 0 Å². The summed E-state index contributed by atoms with van der Waals surface area (Å²) < 4.78 is 6.17. The summed E-state index contributed by atoms with van der Waals surface area (Å²) in [7, 11) is 0. The first-order chi connectivity index (χ1) is 23.5. The lowest BCUT2D eigenvalue weighted by Gasteiger charge is -2.61. The van der Waals surface area contributed by atoms with Crippen LogP contribution in [-0.2, 0) is 9.53 Å². The number of esters is 1. The van der Waals surface area contributed by atoms with Crippen LogP contribution in [-0.4, -0.2) is 12.1 Å². The number of carbonyl (C=O) groups is 1. The van der Waals surface area contributed by atoms with Gasteiger partial charge in [0.2, 0.25) is 0 Å². The minimum absolute atomic E-state index is 0.0694. The second-order valence-corrected chi connectivity index (χ2v) is 18.8. The maximum Gasteiger partial charge on any atom is 0.306 e. The van der Waals surface area contributed by atoms with E-state index in [9.17, 15) is 4.79 Å². The monoisotopic (exact) mass is 677 g/mol. The molecule has 280 valence electrons. The maximum atomic E-state index is 12.8. The van der Waals surface area contributed by atoms with Crippen LogP contribution in [0.3, 0.4) is 0 Å². The van der Waals surface area contributed by atoms with Gasteiger partial charge in [-0.05, 0) is 154 Å². The fourth-order valence-electron chi connectivity index (χ4n) is 11.7. The van der Waals surface area contributed by atoms with Crippen LogP contribution in [0.4, 0.5) is 0 Å². The van der Waals surface area contributed by atoms with Gasteiger partial charge in [-0.3, -0.25) is 4.79 Å². The summed E-state index contributed by atoms with van der Waals surface area (Å²) in [6.45, 7) is 17.5. The van der Waals surface area contributed by atoms with Crippen LogP contribution in [0.25, 0.3) is 0 Å². The van der Waals surface area contributed by atoms with Gasteiger partial charge in [0.25, 0.3) is 0 Å². The molecule has 0 N–H and O–H groups in total. The molecule has 0 heterocycles. The van der Waals surface area contributed by atoms with Gasteiger partial charge in [-0.2, -0.15) is 0 Å². The molecule has 0 aromatic heterocycles. The molecular formula is C47H80O2. The first-order valence-corrected chi connectivity index (χ1v) is 21.7. The van der Waals surface area contributed by atoms with Gasteiger partial charge >= 0.3 is 5.97 Å². The second kappa shape index (κ2) is 19.5. The average Bonchev–Trinajstić information content (AvgIpc) is 3.44. The van der Waals surface area contributed by atoms with Crippen LogP contribution in [0.15, 0.2) is 36.5 Å². The van der Waals surface area contributed by atoms with Crippen LogP contribution in [0.1, 0.15) is 196 Å². The van der Waals surface area contributed by atoms with E-state index >= 15 is 0 Å². The van der Waals surface area contributed by atoms with E-state index in [4.69, 9.17) is 4.74 Å². The van der Waals surface area contributed by atoms with Crippen LogP contribution in [0.5, 0.6) is 0 Å². The SMILES string of the molecule is CC/C=C/CC/C=C/C=C/CCCCCCCC(=O)OC1CCC2(C)C(CCC3C2CCC2(C)C(C(C)CCCC(C)(C)CC)CCC32)C1. The standard InChI is InChI=1S/C47H80O2/c1-8-10-11-12-13-14-15-16-17-18-19-20-21-22-23-26-44(48)49-39-31-34-46(6)38(36-39)27-28-40-42-30-29-41(47(42,7)35-32-43(40)46)37(3)25-24-33-45(4,5)9-2/h10-11,14-17,37-43H,8-9,12-13,18-36H2,1-7H3/b11-10+,15-14+,17-16+. The second-order valence-electron chi connectivity index (χ2n) is 18.8. The van der Waals surface area contributed by atoms with Gasteiger partial charge in [0, 0.05) is 6.42 Å². The van der Waals surface area contributed by atoms with Crippen LogP contribution in [0.2, 0.25) is 0 Å². The van der Waals surface area contributed by atoms with Gasteiger partial charge in [-0.15, -0.1) is 0 Å². The summed E-state index contributed by atoms with van der Waals surface area (Å²) in [5, 5.41) is 0. The van der Waals surface area contributed by atoms with Crippen LogP contribution < -0.4 is 0 Å². The average molecular weight is 677 g/mol. The van der Waals surface area contributed by atoms with Gasteiger partial charge < -0.3 is 4.74 Å². The molecule has 4 rings (SSSR count). The highest BCUT2D eigenvalue weighted by molar-refractivity contribution is 5.69. The summed E-state index contributed by atoms with van der Waals surface area (Å²) >= 11 is 0. The van der Waals surface area contributed by atoms with E-state index in [-0.39, 0.29) is 12.1 Å². The molecule has 0 bridgehead atoms. The number of allylic oxidation sites excluding steroid dienone is 6. The molecule has 4 aliphatic rings. The molecule has 0 spiro atoms. The summed E-state index contributed by atoms with van der Waals surface area (Å²) in [6, 6.07) is 0. The molecule has 4 fully saturated rings. The molecule has 0 aliphatic heterocycles. The van der Waals surface area contributed by atoms with E-state index in [2.05, 4.69) is 84.9 Å². The van der Waals surface area contributed by atoms with Crippen molar-refractivity contribution in [3.63, 3.8) is 0 Å². The molecule has 49 heavy (non-hydrogen) atoms. The minimum atomic E-state index is 0.0694. The van der Waals surface area contributed by atoms with E-state index in [1.54, 1.807) is 0 Å². The highest BCUT2D eigenvalue weighted by Crippen LogP contribution is 2.68. The summed E-state index contributed by atoms with van der Waals surface area (Å²) in [5.41, 5.74) is 1.53. The van der Waals surface area contributed by atoms with Gasteiger partial charge in [0.1, 0.15) is 6.10 Å². The Hall–Kier alpha value is -1.31. The van der Waals surface area contributed by atoms with Crippen molar-refractivity contribution in [1.82, 2.24) is 0 Å². The lowest BCUT2D eigenvalue weighted by molar-refractivity contribution is -0.162. The van der Waals surface area contributed by atoms with Crippen molar-refractivity contribution in [2.24, 2.45) is 51.8 Å². The molecule has 0 radical (unpaired) electrons. The highest BCUT2D eigenvalue weighted by Gasteiger charge is 2.60. The zero-order chi connectivity index (χ0) is 35.3. The zero-order valence-electron chi connectivity index (χ0n) is 33.6. The molecule has 9 unspecified atom stereocenters. The van der Waals surface area contributed by atoms with Crippen LogP contribution >= 0.6 is 0 Å². The molecule has 9 atom stereocenters. The van der Waals surface area contributed by atoms with Crippen molar-refractivity contribution in [2.45, 2.75) is 202 Å². The Morgan fingerprint density at radius 3 is 2.24 bits per heavy atom. The number of hydrogen-bond acceptors (Lipinski definition) is 2. The molecule has 0 saturated heterocycles. The summed E-state index contributed by atoms with van der Waals surface area (Å²) in [5.74, 6) is 5.40. The predicted octanol–water partition coefficient (Wildman–Crippen LogP) is 14.4.